The SMILES string of the molecule is O=C(CNc1ccc([N+](=O)[O-])cc1Cl)Nc1ccc(F)c(F)c1F. The summed E-state index contributed by atoms with van der Waals surface area (Å²) in [7, 11) is 0. The number of rotatable bonds is 5. The third-order valence-electron chi connectivity index (χ3n) is 2.91. The minimum absolute atomic E-state index is 0.0102. The molecule has 2 aromatic rings. The minimum Gasteiger partial charge on any atom is -0.375 e. The van der Waals surface area contributed by atoms with Gasteiger partial charge in [-0.15, -0.1) is 0 Å². The van der Waals surface area contributed by atoms with Crippen LogP contribution in [0.15, 0.2) is 30.3 Å². The molecule has 0 saturated heterocycles. The first-order chi connectivity index (χ1) is 11.3. The molecule has 0 unspecified atom stereocenters. The van der Waals surface area contributed by atoms with Crippen LogP contribution in [0.25, 0.3) is 0 Å². The maximum atomic E-state index is 13.4. The summed E-state index contributed by atoms with van der Waals surface area (Å²) >= 11 is 5.83. The zero-order valence-corrected chi connectivity index (χ0v) is 12.5. The topological polar surface area (TPSA) is 84.3 Å². The Morgan fingerprint density at radius 3 is 2.42 bits per heavy atom. The first kappa shape index (κ1) is 17.5. The van der Waals surface area contributed by atoms with Crippen LogP contribution in [0.5, 0.6) is 0 Å². The van der Waals surface area contributed by atoms with E-state index < -0.39 is 34.0 Å². The number of hydrogen-bond donors (Lipinski definition) is 2. The molecule has 10 heteroatoms. The molecule has 0 saturated carbocycles. The number of carbonyl (C=O) groups excluding carboxylic acids is 1. The quantitative estimate of drug-likeness (QED) is 0.484. The fourth-order valence-corrected chi connectivity index (χ4v) is 1.99. The molecule has 2 N–H and O–H groups in total. The predicted molar refractivity (Wildman–Crippen MR) is 81.5 cm³/mol. The van der Waals surface area contributed by atoms with Crippen LogP contribution in [0.2, 0.25) is 5.02 Å². The van der Waals surface area contributed by atoms with Crippen LogP contribution in [0.3, 0.4) is 0 Å². The number of nitrogens with one attached hydrogen (secondary N) is 2. The summed E-state index contributed by atoms with van der Waals surface area (Å²) in [6.07, 6.45) is 0. The highest BCUT2D eigenvalue weighted by molar-refractivity contribution is 6.33. The molecule has 0 aliphatic rings. The van der Waals surface area contributed by atoms with Crippen LogP contribution >= 0.6 is 11.6 Å². The van der Waals surface area contributed by atoms with E-state index in [1.54, 1.807) is 0 Å². The standard InChI is InChI=1S/C14H9ClF3N3O3/c15-8-5-7(21(23)24)1-3-10(8)19-6-12(22)20-11-4-2-9(16)13(17)14(11)18/h1-5,19H,6H2,(H,20,22). The lowest BCUT2D eigenvalue weighted by atomic mass is 10.2. The van der Waals surface area contributed by atoms with Gasteiger partial charge in [-0.2, -0.15) is 0 Å². The zero-order chi connectivity index (χ0) is 17.9. The molecule has 6 nitrogen and oxygen atoms in total. The van der Waals surface area contributed by atoms with Gasteiger partial charge in [-0.25, -0.2) is 13.2 Å². The maximum absolute atomic E-state index is 13.4. The van der Waals surface area contributed by atoms with Crippen molar-refractivity contribution >= 4 is 34.6 Å². The van der Waals surface area contributed by atoms with Crippen molar-refractivity contribution in [3.8, 4) is 0 Å². The van der Waals surface area contributed by atoms with Gasteiger partial charge in [-0.05, 0) is 18.2 Å². The Labute approximate surface area is 138 Å². The molecule has 0 spiro atoms. The van der Waals surface area contributed by atoms with Gasteiger partial charge in [0.25, 0.3) is 5.69 Å². The van der Waals surface area contributed by atoms with Gasteiger partial charge in [-0.1, -0.05) is 11.6 Å². The molecule has 2 rings (SSSR count). The molecule has 126 valence electrons. The van der Waals surface area contributed by atoms with Crippen molar-refractivity contribution in [1.29, 1.82) is 0 Å². The minimum atomic E-state index is -1.70. The van der Waals surface area contributed by atoms with E-state index in [1.165, 1.54) is 12.1 Å². The molecule has 0 bridgehead atoms. The molecular weight excluding hydrogens is 351 g/mol. The van der Waals surface area contributed by atoms with Gasteiger partial charge in [0.2, 0.25) is 5.91 Å². The van der Waals surface area contributed by atoms with Crippen LogP contribution in [-0.2, 0) is 4.79 Å². The fourth-order valence-electron chi connectivity index (χ4n) is 1.75. The van der Waals surface area contributed by atoms with Crippen molar-refractivity contribution in [3.05, 3.63) is 62.9 Å². The highest BCUT2D eigenvalue weighted by Crippen LogP contribution is 2.26. The molecule has 0 heterocycles. The second-order valence-corrected chi connectivity index (χ2v) is 4.95. The van der Waals surface area contributed by atoms with Crippen molar-refractivity contribution in [1.82, 2.24) is 0 Å². The van der Waals surface area contributed by atoms with E-state index in [0.29, 0.717) is 6.07 Å². The van der Waals surface area contributed by atoms with Crippen molar-refractivity contribution < 1.29 is 22.9 Å². The second kappa shape index (κ2) is 7.18. The number of halogens is 4. The highest BCUT2D eigenvalue weighted by Gasteiger charge is 2.15. The van der Waals surface area contributed by atoms with Crippen LogP contribution in [0.1, 0.15) is 0 Å². The second-order valence-electron chi connectivity index (χ2n) is 4.55. The predicted octanol–water partition coefficient (Wildman–Crippen LogP) is 3.72. The molecule has 0 aromatic heterocycles. The summed E-state index contributed by atoms with van der Waals surface area (Å²) < 4.78 is 39.3. The third kappa shape index (κ3) is 3.93. The number of nitro benzene ring substituents is 1. The van der Waals surface area contributed by atoms with Gasteiger partial charge in [0.1, 0.15) is 0 Å². The number of non-ortho nitro benzene ring substituents is 1. The van der Waals surface area contributed by atoms with E-state index in [-0.39, 0.29) is 22.9 Å². The van der Waals surface area contributed by atoms with Gasteiger partial charge in [0.05, 0.1) is 27.9 Å². The first-order valence-electron chi connectivity index (χ1n) is 6.40. The smallest absolute Gasteiger partial charge is 0.271 e. The van der Waals surface area contributed by atoms with E-state index in [0.717, 1.165) is 12.1 Å². The monoisotopic (exact) mass is 359 g/mol. The molecule has 0 radical (unpaired) electrons. The number of carbonyl (C=O) groups is 1. The number of benzene rings is 2. The number of nitro groups is 1. The molecular formula is C14H9ClF3N3O3. The molecule has 0 atom stereocenters. The van der Waals surface area contributed by atoms with Crippen LogP contribution in [-0.4, -0.2) is 17.4 Å². The normalized spacial score (nSPS) is 10.3. The largest absolute Gasteiger partial charge is 0.375 e. The van der Waals surface area contributed by atoms with Gasteiger partial charge < -0.3 is 10.6 Å². The Morgan fingerprint density at radius 1 is 1.12 bits per heavy atom. The first-order valence-corrected chi connectivity index (χ1v) is 6.78. The van der Waals surface area contributed by atoms with E-state index in [2.05, 4.69) is 10.6 Å². The maximum Gasteiger partial charge on any atom is 0.271 e. The average molecular weight is 360 g/mol. The number of hydrogen-bond acceptors (Lipinski definition) is 4. The third-order valence-corrected chi connectivity index (χ3v) is 3.22. The Kier molecular flexibility index (Phi) is 5.24. The molecule has 0 aliphatic carbocycles. The zero-order valence-electron chi connectivity index (χ0n) is 11.8. The Hall–Kier alpha value is -2.81. The summed E-state index contributed by atoms with van der Waals surface area (Å²) in [6.45, 7) is -0.379. The summed E-state index contributed by atoms with van der Waals surface area (Å²) in [4.78, 5) is 21.7. The molecule has 0 aliphatic heterocycles. The van der Waals surface area contributed by atoms with Crippen LogP contribution in [0, 0.1) is 27.6 Å². The molecule has 0 fully saturated rings. The highest BCUT2D eigenvalue weighted by atomic mass is 35.5. The Morgan fingerprint density at radius 2 is 1.79 bits per heavy atom. The lowest BCUT2D eigenvalue weighted by Crippen LogP contribution is -2.22. The summed E-state index contributed by atoms with van der Waals surface area (Å²) in [5.41, 5.74) is -0.502. The summed E-state index contributed by atoms with van der Waals surface area (Å²) in [5.74, 6) is -5.34. The van der Waals surface area contributed by atoms with E-state index in [1.807, 2.05) is 0 Å². The van der Waals surface area contributed by atoms with E-state index >= 15 is 0 Å². The van der Waals surface area contributed by atoms with Gasteiger partial charge in [-0.3, -0.25) is 14.9 Å². The molecule has 2 aromatic carbocycles. The van der Waals surface area contributed by atoms with Crippen molar-refractivity contribution in [2.24, 2.45) is 0 Å². The van der Waals surface area contributed by atoms with Crippen LogP contribution < -0.4 is 10.6 Å². The van der Waals surface area contributed by atoms with E-state index in [4.69, 9.17) is 11.6 Å². The lowest BCUT2D eigenvalue weighted by Gasteiger charge is -2.10. The number of amides is 1. The van der Waals surface area contributed by atoms with Gasteiger partial charge in [0.15, 0.2) is 17.5 Å². The molecule has 1 amide bonds. The Bertz CT molecular complexity index is 817. The Balaban J connectivity index is 2.01. The average Bonchev–Trinajstić information content (AvgIpc) is 2.54. The van der Waals surface area contributed by atoms with Gasteiger partial charge in [0, 0.05) is 12.1 Å². The lowest BCUT2D eigenvalue weighted by molar-refractivity contribution is -0.384. The summed E-state index contributed by atoms with van der Waals surface area (Å²) in [5, 5.41) is 15.2. The fraction of sp³-hybridized carbons (Fsp3) is 0.0714. The summed E-state index contributed by atoms with van der Waals surface area (Å²) in [6, 6.07) is 5.13. The number of nitrogens with zero attached hydrogens (tertiary/aromatic N) is 1. The number of anilines is 2. The van der Waals surface area contributed by atoms with Crippen LogP contribution in [0.4, 0.5) is 30.2 Å². The van der Waals surface area contributed by atoms with Crippen molar-refractivity contribution in [2.45, 2.75) is 0 Å². The van der Waals surface area contributed by atoms with E-state index in [9.17, 15) is 28.1 Å². The van der Waals surface area contributed by atoms with Gasteiger partial charge >= 0.3 is 0 Å². The van der Waals surface area contributed by atoms with Crippen molar-refractivity contribution in [3.63, 3.8) is 0 Å². The molecule has 24 heavy (non-hydrogen) atoms. The van der Waals surface area contributed by atoms with Crippen molar-refractivity contribution in [2.75, 3.05) is 17.2 Å².